The number of fused-ring (bicyclic) bond motifs is 5. The Bertz CT molecular complexity index is 841. The summed E-state index contributed by atoms with van der Waals surface area (Å²) in [5.41, 5.74) is 3.19. The first-order valence-corrected chi connectivity index (χ1v) is 8.58. The first-order valence-electron chi connectivity index (χ1n) is 8.58. The average molecular weight is 288 g/mol. The lowest BCUT2D eigenvalue weighted by molar-refractivity contribution is 0.320. The predicted molar refractivity (Wildman–Crippen MR) is 96.5 cm³/mol. The van der Waals surface area contributed by atoms with Crippen molar-refractivity contribution in [3.63, 3.8) is 0 Å². The normalized spacial score (nSPS) is 21.5. The van der Waals surface area contributed by atoms with E-state index in [0.29, 0.717) is 5.92 Å². The van der Waals surface area contributed by atoms with Crippen molar-refractivity contribution >= 4 is 21.5 Å². The van der Waals surface area contributed by atoms with Crippen LogP contribution in [0.25, 0.3) is 21.5 Å². The van der Waals surface area contributed by atoms with E-state index in [1.807, 2.05) is 0 Å². The molecule has 0 aromatic heterocycles. The molecule has 22 heavy (non-hydrogen) atoms. The molecule has 0 aliphatic heterocycles. The van der Waals surface area contributed by atoms with Gasteiger partial charge in [0.2, 0.25) is 0 Å². The van der Waals surface area contributed by atoms with Crippen LogP contribution in [-0.2, 0) is 6.42 Å². The summed E-state index contributed by atoms with van der Waals surface area (Å²) in [5.74, 6) is 2.28. The molecule has 0 fully saturated rings. The Kier molecular flexibility index (Phi) is 3.22. The fourth-order valence-electron chi connectivity index (χ4n) is 4.29. The number of hydrogen-bond donors (Lipinski definition) is 0. The zero-order chi connectivity index (χ0) is 15.3. The van der Waals surface area contributed by atoms with Gasteiger partial charge in [-0.2, -0.15) is 0 Å². The fraction of sp³-hybridized carbons (Fsp3) is 0.364. The molecule has 0 bridgehead atoms. The van der Waals surface area contributed by atoms with Crippen LogP contribution in [0.3, 0.4) is 0 Å². The van der Waals surface area contributed by atoms with Crippen LogP contribution in [0.2, 0.25) is 0 Å². The van der Waals surface area contributed by atoms with Crippen LogP contribution in [0.4, 0.5) is 0 Å². The maximum atomic E-state index is 2.40. The van der Waals surface area contributed by atoms with Crippen molar-refractivity contribution in [2.45, 2.75) is 39.5 Å². The van der Waals surface area contributed by atoms with Gasteiger partial charge >= 0.3 is 0 Å². The summed E-state index contributed by atoms with van der Waals surface area (Å²) < 4.78 is 0. The van der Waals surface area contributed by atoms with E-state index in [1.165, 1.54) is 34.4 Å². The molecule has 0 saturated heterocycles. The minimum atomic E-state index is 0.687. The van der Waals surface area contributed by atoms with Crippen LogP contribution in [0.15, 0.2) is 48.5 Å². The third-order valence-electron chi connectivity index (χ3n) is 5.67. The molecular weight excluding hydrogens is 264 g/mol. The highest BCUT2D eigenvalue weighted by Crippen LogP contribution is 2.41. The number of hydrogen-bond acceptors (Lipinski definition) is 0. The Morgan fingerprint density at radius 1 is 0.864 bits per heavy atom. The first-order chi connectivity index (χ1) is 10.6. The Morgan fingerprint density at radius 2 is 1.64 bits per heavy atom. The third kappa shape index (κ3) is 2.05. The van der Waals surface area contributed by atoms with Crippen molar-refractivity contribution < 1.29 is 0 Å². The van der Waals surface area contributed by atoms with Crippen LogP contribution >= 0.6 is 0 Å². The monoisotopic (exact) mass is 288 g/mol. The van der Waals surface area contributed by atoms with Crippen LogP contribution in [0.1, 0.15) is 44.2 Å². The van der Waals surface area contributed by atoms with E-state index in [9.17, 15) is 0 Å². The molecule has 0 spiro atoms. The smallest absolute Gasteiger partial charge is 0.0102 e. The largest absolute Gasteiger partial charge is 0.0625 e. The number of benzene rings is 3. The Hall–Kier alpha value is -1.82. The van der Waals surface area contributed by atoms with Crippen molar-refractivity contribution in [3.05, 3.63) is 59.7 Å². The highest BCUT2D eigenvalue weighted by molar-refractivity contribution is 6.08. The maximum absolute atomic E-state index is 2.40. The van der Waals surface area contributed by atoms with Crippen molar-refractivity contribution in [1.29, 1.82) is 0 Å². The molecule has 0 N–H and O–H groups in total. The van der Waals surface area contributed by atoms with Gasteiger partial charge in [-0.05, 0) is 63.3 Å². The van der Waals surface area contributed by atoms with Gasteiger partial charge in [-0.1, -0.05) is 69.3 Å². The van der Waals surface area contributed by atoms with E-state index in [1.54, 1.807) is 11.1 Å². The summed E-state index contributed by atoms with van der Waals surface area (Å²) >= 11 is 0. The lowest BCUT2D eigenvalue weighted by Crippen LogP contribution is -2.21. The SMILES string of the molecule is CC1CC(C(C)C)Cc2c1ccc1c2ccc2ccccc21. The first kappa shape index (κ1) is 13.8. The summed E-state index contributed by atoms with van der Waals surface area (Å²) in [6, 6.07) is 18.1. The molecular formula is C22H24. The number of rotatable bonds is 1. The molecule has 0 heteroatoms. The van der Waals surface area contributed by atoms with Gasteiger partial charge < -0.3 is 0 Å². The van der Waals surface area contributed by atoms with E-state index in [2.05, 4.69) is 69.3 Å². The molecule has 0 heterocycles. The van der Waals surface area contributed by atoms with Crippen molar-refractivity contribution in [2.24, 2.45) is 11.8 Å². The topological polar surface area (TPSA) is 0 Å². The zero-order valence-corrected chi connectivity index (χ0v) is 13.8. The minimum absolute atomic E-state index is 0.687. The molecule has 0 nitrogen and oxygen atoms in total. The molecule has 3 aromatic rings. The van der Waals surface area contributed by atoms with Gasteiger partial charge in [-0.3, -0.25) is 0 Å². The van der Waals surface area contributed by atoms with Crippen molar-refractivity contribution in [1.82, 2.24) is 0 Å². The van der Waals surface area contributed by atoms with Crippen LogP contribution < -0.4 is 0 Å². The predicted octanol–water partition coefficient (Wildman–Crippen LogP) is 6.31. The van der Waals surface area contributed by atoms with Gasteiger partial charge in [0.1, 0.15) is 0 Å². The van der Waals surface area contributed by atoms with Crippen molar-refractivity contribution in [2.75, 3.05) is 0 Å². The van der Waals surface area contributed by atoms with Gasteiger partial charge in [0.25, 0.3) is 0 Å². The second-order valence-corrected chi connectivity index (χ2v) is 7.36. The third-order valence-corrected chi connectivity index (χ3v) is 5.67. The van der Waals surface area contributed by atoms with Gasteiger partial charge in [0, 0.05) is 0 Å². The molecule has 112 valence electrons. The summed E-state index contributed by atoms with van der Waals surface area (Å²) in [6.07, 6.45) is 2.58. The second kappa shape index (κ2) is 5.12. The van der Waals surface area contributed by atoms with Crippen LogP contribution in [0, 0.1) is 11.8 Å². The van der Waals surface area contributed by atoms with Gasteiger partial charge in [0.05, 0.1) is 0 Å². The average Bonchev–Trinajstić information content (AvgIpc) is 2.54. The lowest BCUT2D eigenvalue weighted by atomic mass is 9.72. The molecule has 2 atom stereocenters. The molecule has 2 unspecified atom stereocenters. The Labute approximate surface area is 133 Å². The standard InChI is InChI=1S/C22H24/c1-14(2)17-12-15(3)18-10-11-20-19-7-5-4-6-16(19)8-9-21(20)22(18)13-17/h4-11,14-15,17H,12-13H2,1-3H3. The van der Waals surface area contributed by atoms with E-state index >= 15 is 0 Å². The Morgan fingerprint density at radius 3 is 2.45 bits per heavy atom. The summed E-state index contributed by atoms with van der Waals surface area (Å²) in [5, 5.41) is 5.64. The highest BCUT2D eigenvalue weighted by atomic mass is 14.3. The van der Waals surface area contributed by atoms with Gasteiger partial charge in [-0.25, -0.2) is 0 Å². The highest BCUT2D eigenvalue weighted by Gasteiger charge is 2.27. The van der Waals surface area contributed by atoms with E-state index in [-0.39, 0.29) is 0 Å². The maximum Gasteiger partial charge on any atom is -0.0102 e. The lowest BCUT2D eigenvalue weighted by Gasteiger charge is -2.33. The molecule has 1 aliphatic rings. The van der Waals surface area contributed by atoms with Crippen molar-refractivity contribution in [3.8, 4) is 0 Å². The molecule has 0 radical (unpaired) electrons. The van der Waals surface area contributed by atoms with Crippen LogP contribution in [0.5, 0.6) is 0 Å². The molecule has 4 rings (SSSR count). The summed E-state index contributed by atoms with van der Waals surface area (Å²) in [6.45, 7) is 7.16. The van der Waals surface area contributed by atoms with E-state index in [4.69, 9.17) is 0 Å². The van der Waals surface area contributed by atoms with Crippen LogP contribution in [-0.4, -0.2) is 0 Å². The molecule has 0 saturated carbocycles. The molecule has 1 aliphatic carbocycles. The van der Waals surface area contributed by atoms with Gasteiger partial charge in [0.15, 0.2) is 0 Å². The fourth-order valence-corrected chi connectivity index (χ4v) is 4.29. The van der Waals surface area contributed by atoms with Gasteiger partial charge in [-0.15, -0.1) is 0 Å². The Balaban J connectivity index is 1.99. The second-order valence-electron chi connectivity index (χ2n) is 7.36. The summed E-state index contributed by atoms with van der Waals surface area (Å²) in [4.78, 5) is 0. The quantitative estimate of drug-likeness (QED) is 0.460. The minimum Gasteiger partial charge on any atom is -0.0625 e. The summed E-state index contributed by atoms with van der Waals surface area (Å²) in [7, 11) is 0. The van der Waals surface area contributed by atoms with E-state index in [0.717, 1.165) is 11.8 Å². The molecule has 3 aromatic carbocycles. The zero-order valence-electron chi connectivity index (χ0n) is 13.8. The molecule has 0 amide bonds. The van der Waals surface area contributed by atoms with E-state index < -0.39 is 0 Å².